The fraction of sp³-hybridized carbons (Fsp3) is 0.417. The molecular formula is C12H15NO2. The molecule has 3 heteroatoms. The van der Waals surface area contributed by atoms with Gasteiger partial charge in [-0.2, -0.15) is 0 Å². The third-order valence-electron chi connectivity index (χ3n) is 2.69. The smallest absolute Gasteiger partial charge is 0.323 e. The maximum atomic E-state index is 11.3. The van der Waals surface area contributed by atoms with Crippen molar-refractivity contribution in [1.82, 2.24) is 5.32 Å². The van der Waals surface area contributed by atoms with Gasteiger partial charge in [-0.3, -0.25) is 10.1 Å². The van der Waals surface area contributed by atoms with Gasteiger partial charge in [0.15, 0.2) is 0 Å². The summed E-state index contributed by atoms with van der Waals surface area (Å²) < 4.78 is 4.90. The molecule has 1 aromatic carbocycles. The van der Waals surface area contributed by atoms with Gasteiger partial charge in [-0.15, -0.1) is 0 Å². The van der Waals surface area contributed by atoms with Crippen molar-refractivity contribution in [3.05, 3.63) is 35.9 Å². The minimum atomic E-state index is -0.139. The minimum absolute atomic E-state index is 0.127. The molecule has 1 fully saturated rings. The minimum Gasteiger partial charge on any atom is -0.464 e. The zero-order chi connectivity index (χ0) is 10.7. The van der Waals surface area contributed by atoms with Gasteiger partial charge in [0.2, 0.25) is 0 Å². The summed E-state index contributed by atoms with van der Waals surface area (Å²) in [5.41, 5.74) is 1.19. The number of carbonyl (C=O) groups is 1. The molecule has 0 aromatic heterocycles. The van der Waals surface area contributed by atoms with Gasteiger partial charge in [0, 0.05) is 12.5 Å². The van der Waals surface area contributed by atoms with Crippen LogP contribution in [0.4, 0.5) is 0 Å². The van der Waals surface area contributed by atoms with E-state index in [-0.39, 0.29) is 18.1 Å². The first-order chi connectivity index (χ1) is 7.27. The van der Waals surface area contributed by atoms with Crippen LogP contribution in [0.2, 0.25) is 0 Å². The lowest BCUT2D eigenvalue weighted by Gasteiger charge is -2.16. The molecular weight excluding hydrogens is 190 g/mol. The highest BCUT2D eigenvalue weighted by atomic mass is 16.5. The topological polar surface area (TPSA) is 38.3 Å². The number of nitrogens with one attached hydrogen (secondary N) is 1. The Labute approximate surface area is 89.4 Å². The van der Waals surface area contributed by atoms with Crippen molar-refractivity contribution in [1.29, 1.82) is 0 Å². The lowest BCUT2D eigenvalue weighted by molar-refractivity contribution is -0.139. The first kappa shape index (κ1) is 10.2. The maximum absolute atomic E-state index is 11.3. The Morgan fingerprint density at radius 3 is 2.73 bits per heavy atom. The van der Waals surface area contributed by atoms with Crippen molar-refractivity contribution < 1.29 is 9.53 Å². The standard InChI is InChI=1S/C12H15NO2/c1-9(10-5-3-2-4-6-10)13-11-7-8-15-12(11)14/h2-6,9,11,13H,7-8H2,1H3/t9-,11+/m1/s1. The summed E-state index contributed by atoms with van der Waals surface area (Å²) in [5.74, 6) is -0.127. The average Bonchev–Trinajstić information content (AvgIpc) is 2.66. The van der Waals surface area contributed by atoms with Gasteiger partial charge in [-0.05, 0) is 12.5 Å². The zero-order valence-corrected chi connectivity index (χ0v) is 8.77. The Morgan fingerprint density at radius 1 is 1.40 bits per heavy atom. The molecule has 0 bridgehead atoms. The highest BCUT2D eigenvalue weighted by Crippen LogP contribution is 2.15. The fourth-order valence-corrected chi connectivity index (χ4v) is 1.79. The summed E-state index contributed by atoms with van der Waals surface area (Å²) in [6.45, 7) is 2.60. The summed E-state index contributed by atoms with van der Waals surface area (Å²) in [6.07, 6.45) is 0.774. The second kappa shape index (κ2) is 4.45. The monoisotopic (exact) mass is 205 g/mol. The van der Waals surface area contributed by atoms with E-state index in [9.17, 15) is 4.79 Å². The quantitative estimate of drug-likeness (QED) is 0.762. The van der Waals surface area contributed by atoms with E-state index in [0.29, 0.717) is 6.61 Å². The van der Waals surface area contributed by atoms with Gasteiger partial charge in [0.25, 0.3) is 0 Å². The molecule has 1 saturated heterocycles. The normalized spacial score (nSPS) is 22.5. The molecule has 3 nitrogen and oxygen atoms in total. The number of hydrogen-bond acceptors (Lipinski definition) is 3. The summed E-state index contributed by atoms with van der Waals surface area (Å²) in [7, 11) is 0. The van der Waals surface area contributed by atoms with Crippen LogP contribution in [0.15, 0.2) is 30.3 Å². The van der Waals surface area contributed by atoms with Crippen molar-refractivity contribution in [3.8, 4) is 0 Å². The Kier molecular flexibility index (Phi) is 3.02. The Balaban J connectivity index is 1.98. The van der Waals surface area contributed by atoms with Crippen LogP contribution in [0.1, 0.15) is 24.9 Å². The molecule has 2 rings (SSSR count). The summed E-state index contributed by atoms with van der Waals surface area (Å²) in [4.78, 5) is 11.3. The van der Waals surface area contributed by atoms with E-state index in [1.165, 1.54) is 5.56 Å². The van der Waals surface area contributed by atoms with Crippen molar-refractivity contribution in [2.75, 3.05) is 6.61 Å². The number of ether oxygens (including phenoxy) is 1. The average molecular weight is 205 g/mol. The van der Waals surface area contributed by atoms with Gasteiger partial charge in [-0.1, -0.05) is 30.3 Å². The number of rotatable bonds is 3. The first-order valence-electron chi connectivity index (χ1n) is 5.25. The third-order valence-corrected chi connectivity index (χ3v) is 2.69. The number of cyclic esters (lactones) is 1. The molecule has 1 aromatic rings. The van der Waals surface area contributed by atoms with Crippen LogP contribution in [0, 0.1) is 0 Å². The van der Waals surface area contributed by atoms with Crippen LogP contribution in [0.5, 0.6) is 0 Å². The van der Waals surface area contributed by atoms with Crippen molar-refractivity contribution >= 4 is 5.97 Å². The lowest BCUT2D eigenvalue weighted by Crippen LogP contribution is -2.34. The molecule has 0 saturated carbocycles. The Morgan fingerprint density at radius 2 is 2.13 bits per heavy atom. The van der Waals surface area contributed by atoms with Crippen LogP contribution in [0.3, 0.4) is 0 Å². The molecule has 15 heavy (non-hydrogen) atoms. The number of esters is 1. The largest absolute Gasteiger partial charge is 0.464 e. The van der Waals surface area contributed by atoms with E-state index < -0.39 is 0 Å². The first-order valence-corrected chi connectivity index (χ1v) is 5.25. The van der Waals surface area contributed by atoms with Crippen molar-refractivity contribution in [2.24, 2.45) is 0 Å². The van der Waals surface area contributed by atoms with E-state index in [2.05, 4.69) is 24.4 Å². The molecule has 80 valence electrons. The van der Waals surface area contributed by atoms with E-state index in [4.69, 9.17) is 4.74 Å². The zero-order valence-electron chi connectivity index (χ0n) is 8.77. The summed E-state index contributed by atoms with van der Waals surface area (Å²) >= 11 is 0. The predicted molar refractivity (Wildman–Crippen MR) is 57.4 cm³/mol. The van der Waals surface area contributed by atoms with Crippen LogP contribution >= 0.6 is 0 Å². The van der Waals surface area contributed by atoms with Crippen molar-refractivity contribution in [2.45, 2.75) is 25.4 Å². The number of hydrogen-bond donors (Lipinski definition) is 1. The van der Waals surface area contributed by atoms with E-state index in [0.717, 1.165) is 6.42 Å². The van der Waals surface area contributed by atoms with Crippen LogP contribution < -0.4 is 5.32 Å². The highest BCUT2D eigenvalue weighted by Gasteiger charge is 2.27. The predicted octanol–water partition coefficient (Wildman–Crippen LogP) is 1.65. The SMILES string of the molecule is C[C@@H](N[C@H]1CCOC1=O)c1ccccc1. The number of benzene rings is 1. The maximum Gasteiger partial charge on any atom is 0.323 e. The third kappa shape index (κ3) is 2.36. The van der Waals surface area contributed by atoms with E-state index >= 15 is 0 Å². The lowest BCUT2D eigenvalue weighted by atomic mass is 10.1. The molecule has 0 aliphatic carbocycles. The molecule has 1 N–H and O–H groups in total. The summed E-state index contributed by atoms with van der Waals surface area (Å²) in [5, 5.41) is 3.27. The van der Waals surface area contributed by atoms with Gasteiger partial charge >= 0.3 is 5.97 Å². The van der Waals surface area contributed by atoms with Crippen LogP contribution in [-0.2, 0) is 9.53 Å². The molecule has 0 amide bonds. The molecule has 2 atom stereocenters. The molecule has 1 aliphatic heterocycles. The highest BCUT2D eigenvalue weighted by molar-refractivity contribution is 5.77. The second-order valence-electron chi connectivity index (χ2n) is 3.81. The van der Waals surface area contributed by atoms with Crippen LogP contribution in [-0.4, -0.2) is 18.6 Å². The van der Waals surface area contributed by atoms with E-state index in [1.54, 1.807) is 0 Å². The van der Waals surface area contributed by atoms with Gasteiger partial charge in [-0.25, -0.2) is 0 Å². The van der Waals surface area contributed by atoms with Gasteiger partial charge < -0.3 is 4.74 Å². The Bertz CT molecular complexity index is 337. The molecule has 0 radical (unpaired) electrons. The van der Waals surface area contributed by atoms with Crippen LogP contribution in [0.25, 0.3) is 0 Å². The summed E-state index contributed by atoms with van der Waals surface area (Å²) in [6, 6.07) is 10.1. The van der Waals surface area contributed by atoms with Gasteiger partial charge in [0.1, 0.15) is 6.04 Å². The fourth-order valence-electron chi connectivity index (χ4n) is 1.79. The second-order valence-corrected chi connectivity index (χ2v) is 3.81. The molecule has 0 spiro atoms. The number of carbonyl (C=O) groups excluding carboxylic acids is 1. The van der Waals surface area contributed by atoms with Crippen molar-refractivity contribution in [3.63, 3.8) is 0 Å². The van der Waals surface area contributed by atoms with Gasteiger partial charge in [0.05, 0.1) is 6.61 Å². The van der Waals surface area contributed by atoms with E-state index in [1.807, 2.05) is 18.2 Å². The molecule has 1 heterocycles. The molecule has 1 aliphatic rings. The molecule has 0 unspecified atom stereocenters. The Hall–Kier alpha value is -1.35.